The highest BCUT2D eigenvalue weighted by atomic mass is 16.5. The third-order valence-electron chi connectivity index (χ3n) is 3.47. The molecule has 0 saturated carbocycles. The van der Waals surface area contributed by atoms with Gasteiger partial charge in [0.15, 0.2) is 0 Å². The van der Waals surface area contributed by atoms with E-state index in [1.165, 1.54) is 44.9 Å². The van der Waals surface area contributed by atoms with E-state index in [1.54, 1.807) is 0 Å². The fraction of sp³-hybridized carbons (Fsp3) is 0.579. The predicted octanol–water partition coefficient (Wildman–Crippen LogP) is 4.52. The van der Waals surface area contributed by atoms with E-state index in [1.807, 2.05) is 24.3 Å². The third kappa shape index (κ3) is 8.42. The van der Waals surface area contributed by atoms with Gasteiger partial charge in [0.2, 0.25) is 0 Å². The van der Waals surface area contributed by atoms with Gasteiger partial charge >= 0.3 is 0 Å². The zero-order valence-corrected chi connectivity index (χ0v) is 13.4. The average molecular weight is 287 g/mol. The van der Waals surface area contributed by atoms with Crippen LogP contribution in [0.3, 0.4) is 0 Å². The SMILES string of the molecule is CCCCCCCCCCOc1ccccc1C#CCN. The molecule has 0 heterocycles. The van der Waals surface area contributed by atoms with Crippen molar-refractivity contribution in [2.24, 2.45) is 5.73 Å². The summed E-state index contributed by atoms with van der Waals surface area (Å²) in [5.74, 6) is 6.81. The normalized spacial score (nSPS) is 10.0. The molecule has 116 valence electrons. The van der Waals surface area contributed by atoms with Gasteiger partial charge in [-0.25, -0.2) is 0 Å². The molecule has 1 aromatic rings. The van der Waals surface area contributed by atoms with Crippen molar-refractivity contribution in [2.45, 2.75) is 58.3 Å². The summed E-state index contributed by atoms with van der Waals surface area (Å²) >= 11 is 0. The molecule has 0 aromatic heterocycles. The summed E-state index contributed by atoms with van der Waals surface area (Å²) in [6.07, 6.45) is 10.5. The molecule has 0 fully saturated rings. The highest BCUT2D eigenvalue weighted by molar-refractivity contribution is 5.45. The Hall–Kier alpha value is -1.46. The van der Waals surface area contributed by atoms with E-state index < -0.39 is 0 Å². The largest absolute Gasteiger partial charge is 0.492 e. The number of ether oxygens (including phenoxy) is 1. The van der Waals surface area contributed by atoms with Crippen molar-refractivity contribution in [1.82, 2.24) is 0 Å². The van der Waals surface area contributed by atoms with Crippen molar-refractivity contribution < 1.29 is 4.74 Å². The Morgan fingerprint density at radius 1 is 0.952 bits per heavy atom. The molecule has 1 rings (SSSR count). The number of rotatable bonds is 10. The van der Waals surface area contributed by atoms with Gasteiger partial charge in [0, 0.05) is 0 Å². The molecule has 0 radical (unpaired) electrons. The Labute approximate surface area is 130 Å². The molecule has 0 aliphatic carbocycles. The molecule has 2 N–H and O–H groups in total. The number of unbranched alkanes of at least 4 members (excludes halogenated alkanes) is 7. The van der Waals surface area contributed by atoms with Gasteiger partial charge in [0.25, 0.3) is 0 Å². The minimum atomic E-state index is 0.381. The van der Waals surface area contributed by atoms with E-state index in [4.69, 9.17) is 10.5 Å². The summed E-state index contributed by atoms with van der Waals surface area (Å²) in [6, 6.07) is 7.91. The number of benzene rings is 1. The minimum Gasteiger partial charge on any atom is -0.492 e. The molecule has 0 spiro atoms. The first-order valence-corrected chi connectivity index (χ1v) is 8.29. The molecule has 0 bridgehead atoms. The van der Waals surface area contributed by atoms with Gasteiger partial charge in [0.1, 0.15) is 5.75 Å². The van der Waals surface area contributed by atoms with Crippen LogP contribution in [-0.4, -0.2) is 13.2 Å². The van der Waals surface area contributed by atoms with Gasteiger partial charge in [-0.3, -0.25) is 0 Å². The van der Waals surface area contributed by atoms with E-state index in [0.29, 0.717) is 6.54 Å². The fourth-order valence-electron chi connectivity index (χ4n) is 2.26. The summed E-state index contributed by atoms with van der Waals surface area (Å²) in [5.41, 5.74) is 6.34. The Kier molecular flexibility index (Phi) is 10.3. The minimum absolute atomic E-state index is 0.381. The highest BCUT2D eigenvalue weighted by Crippen LogP contribution is 2.17. The molecule has 2 nitrogen and oxygen atoms in total. The molecule has 2 heteroatoms. The van der Waals surface area contributed by atoms with Crippen LogP contribution in [0.1, 0.15) is 63.9 Å². The second kappa shape index (κ2) is 12.3. The maximum absolute atomic E-state index is 5.84. The second-order valence-corrected chi connectivity index (χ2v) is 5.33. The van der Waals surface area contributed by atoms with Crippen LogP contribution in [0.15, 0.2) is 24.3 Å². The second-order valence-electron chi connectivity index (χ2n) is 5.33. The predicted molar refractivity (Wildman–Crippen MR) is 90.5 cm³/mol. The van der Waals surface area contributed by atoms with Crippen LogP contribution in [0.4, 0.5) is 0 Å². The fourth-order valence-corrected chi connectivity index (χ4v) is 2.26. The molecule has 0 aliphatic heterocycles. The first kappa shape index (κ1) is 17.6. The van der Waals surface area contributed by atoms with E-state index >= 15 is 0 Å². The van der Waals surface area contributed by atoms with Gasteiger partial charge in [-0.2, -0.15) is 0 Å². The maximum atomic E-state index is 5.84. The summed E-state index contributed by atoms with van der Waals surface area (Å²) in [5, 5.41) is 0. The van der Waals surface area contributed by atoms with Crippen molar-refractivity contribution in [3.05, 3.63) is 29.8 Å². The topological polar surface area (TPSA) is 35.2 Å². The number of nitrogens with two attached hydrogens (primary N) is 1. The maximum Gasteiger partial charge on any atom is 0.134 e. The van der Waals surface area contributed by atoms with Gasteiger partial charge < -0.3 is 10.5 Å². The molecule has 0 amide bonds. The lowest BCUT2D eigenvalue weighted by Crippen LogP contribution is -1.99. The number of hydrogen-bond donors (Lipinski definition) is 1. The Bertz CT molecular complexity index is 431. The molecule has 0 aliphatic rings. The molecule has 1 aromatic carbocycles. The molecular formula is C19H29NO. The van der Waals surface area contributed by atoms with Crippen LogP contribution < -0.4 is 10.5 Å². The van der Waals surface area contributed by atoms with Gasteiger partial charge in [-0.15, -0.1) is 0 Å². The van der Waals surface area contributed by atoms with Crippen molar-refractivity contribution in [3.63, 3.8) is 0 Å². The van der Waals surface area contributed by atoms with Crippen molar-refractivity contribution in [3.8, 4) is 17.6 Å². The highest BCUT2D eigenvalue weighted by Gasteiger charge is 1.99. The number of para-hydroxylation sites is 1. The van der Waals surface area contributed by atoms with Crippen LogP contribution in [0.25, 0.3) is 0 Å². The van der Waals surface area contributed by atoms with E-state index in [0.717, 1.165) is 24.3 Å². The van der Waals surface area contributed by atoms with Crippen molar-refractivity contribution >= 4 is 0 Å². The Balaban J connectivity index is 2.15. The van der Waals surface area contributed by atoms with Crippen LogP contribution >= 0.6 is 0 Å². The Morgan fingerprint density at radius 2 is 1.62 bits per heavy atom. The first-order valence-electron chi connectivity index (χ1n) is 8.29. The zero-order chi connectivity index (χ0) is 15.2. The average Bonchev–Trinajstić information content (AvgIpc) is 2.52. The zero-order valence-electron chi connectivity index (χ0n) is 13.4. The quantitative estimate of drug-likeness (QED) is 0.507. The molecule has 0 unspecified atom stereocenters. The van der Waals surface area contributed by atoms with E-state index in [2.05, 4.69) is 18.8 Å². The molecule has 0 saturated heterocycles. The molecular weight excluding hydrogens is 258 g/mol. The lowest BCUT2D eigenvalue weighted by atomic mass is 10.1. The molecule has 21 heavy (non-hydrogen) atoms. The molecule has 0 atom stereocenters. The Morgan fingerprint density at radius 3 is 2.33 bits per heavy atom. The van der Waals surface area contributed by atoms with Crippen molar-refractivity contribution in [2.75, 3.05) is 13.2 Å². The van der Waals surface area contributed by atoms with Crippen LogP contribution in [-0.2, 0) is 0 Å². The lowest BCUT2D eigenvalue weighted by molar-refractivity contribution is 0.303. The third-order valence-corrected chi connectivity index (χ3v) is 3.47. The van der Waals surface area contributed by atoms with E-state index in [-0.39, 0.29) is 0 Å². The van der Waals surface area contributed by atoms with Crippen LogP contribution in [0, 0.1) is 11.8 Å². The van der Waals surface area contributed by atoms with Gasteiger partial charge in [-0.05, 0) is 18.6 Å². The lowest BCUT2D eigenvalue weighted by Gasteiger charge is -2.08. The van der Waals surface area contributed by atoms with Crippen molar-refractivity contribution in [1.29, 1.82) is 0 Å². The van der Waals surface area contributed by atoms with Crippen LogP contribution in [0.5, 0.6) is 5.75 Å². The summed E-state index contributed by atoms with van der Waals surface area (Å²) in [4.78, 5) is 0. The number of hydrogen-bond acceptors (Lipinski definition) is 2. The van der Waals surface area contributed by atoms with Gasteiger partial charge in [-0.1, -0.05) is 75.8 Å². The first-order chi connectivity index (χ1) is 10.4. The van der Waals surface area contributed by atoms with Crippen LogP contribution in [0.2, 0.25) is 0 Å². The standard InChI is InChI=1S/C19H29NO/c1-2-3-4-5-6-7-8-11-17-21-19-15-10-9-13-18(19)14-12-16-20/h9-10,13,15H,2-8,11,16-17,20H2,1H3. The summed E-state index contributed by atoms with van der Waals surface area (Å²) < 4.78 is 5.84. The summed E-state index contributed by atoms with van der Waals surface area (Å²) in [6.45, 7) is 3.41. The monoisotopic (exact) mass is 287 g/mol. The smallest absolute Gasteiger partial charge is 0.134 e. The summed E-state index contributed by atoms with van der Waals surface area (Å²) in [7, 11) is 0. The van der Waals surface area contributed by atoms with Gasteiger partial charge in [0.05, 0.1) is 18.7 Å². The van der Waals surface area contributed by atoms with E-state index in [9.17, 15) is 0 Å².